The maximum Gasteiger partial charge on any atom is 0.338 e. The van der Waals surface area contributed by atoms with Crippen LogP contribution in [0.3, 0.4) is 0 Å². The number of esters is 1. The van der Waals surface area contributed by atoms with Crippen LogP contribution in [0.25, 0.3) is 11.1 Å². The molecule has 0 radical (unpaired) electrons. The number of halogens is 1. The third kappa shape index (κ3) is 6.55. The van der Waals surface area contributed by atoms with E-state index in [4.69, 9.17) is 16.3 Å². The van der Waals surface area contributed by atoms with Crippen molar-refractivity contribution in [1.29, 1.82) is 0 Å². The Morgan fingerprint density at radius 3 is 2.45 bits per heavy atom. The molecule has 0 aliphatic rings. The first kappa shape index (κ1) is 24.3. The third-order valence-electron chi connectivity index (χ3n) is 5.05. The van der Waals surface area contributed by atoms with E-state index in [-0.39, 0.29) is 11.1 Å². The number of aliphatic hydroxyl groups excluding tert-OH is 1. The molecular formula is C25H25ClN2O5. The maximum absolute atomic E-state index is 12.0. The van der Waals surface area contributed by atoms with Crippen LogP contribution < -0.4 is 10.6 Å². The van der Waals surface area contributed by atoms with E-state index in [1.165, 1.54) is 19.2 Å². The molecule has 0 aliphatic carbocycles. The van der Waals surface area contributed by atoms with Gasteiger partial charge in [0, 0.05) is 30.3 Å². The van der Waals surface area contributed by atoms with E-state index in [0.29, 0.717) is 30.2 Å². The molecule has 8 heteroatoms. The number of ether oxygens (including phenoxy) is 1. The first-order valence-corrected chi connectivity index (χ1v) is 10.7. The highest BCUT2D eigenvalue weighted by atomic mass is 35.5. The third-order valence-corrected chi connectivity index (χ3v) is 5.29. The van der Waals surface area contributed by atoms with Crippen LogP contribution in [0.15, 0.2) is 66.7 Å². The Labute approximate surface area is 197 Å². The quantitative estimate of drug-likeness (QED) is 0.260. The summed E-state index contributed by atoms with van der Waals surface area (Å²) in [5.41, 5.74) is 3.05. The van der Waals surface area contributed by atoms with Gasteiger partial charge in [-0.1, -0.05) is 41.9 Å². The zero-order chi connectivity index (χ0) is 23.8. The van der Waals surface area contributed by atoms with Gasteiger partial charge in [0.2, 0.25) is 0 Å². The Bertz CT molecular complexity index is 1140. The lowest BCUT2D eigenvalue weighted by atomic mass is 9.98. The minimum Gasteiger partial charge on any atom is -0.478 e. The molecule has 0 aliphatic heterocycles. The van der Waals surface area contributed by atoms with E-state index < -0.39 is 18.0 Å². The predicted molar refractivity (Wildman–Crippen MR) is 128 cm³/mol. The molecule has 0 aromatic heterocycles. The summed E-state index contributed by atoms with van der Waals surface area (Å²) in [7, 11) is 1.22. The number of carbonyl (C=O) groups is 2. The Morgan fingerprint density at radius 2 is 1.73 bits per heavy atom. The van der Waals surface area contributed by atoms with Crippen LogP contribution >= 0.6 is 11.6 Å². The number of aromatic carboxylic acids is 1. The van der Waals surface area contributed by atoms with Crippen molar-refractivity contribution in [2.24, 2.45) is 0 Å². The van der Waals surface area contributed by atoms with Crippen molar-refractivity contribution in [3.05, 3.63) is 88.4 Å². The SMILES string of the molecule is COC(=O)c1cc(-c2cccc(NCCNCC(O)c3cccc(Cl)c3)c2)ccc1C(=O)O. The molecule has 7 nitrogen and oxygen atoms in total. The monoisotopic (exact) mass is 468 g/mol. The molecule has 172 valence electrons. The summed E-state index contributed by atoms with van der Waals surface area (Å²) in [5.74, 6) is -1.89. The summed E-state index contributed by atoms with van der Waals surface area (Å²) in [5, 5.41) is 26.7. The molecule has 0 heterocycles. The van der Waals surface area contributed by atoms with Crippen LogP contribution in [-0.4, -0.2) is 48.9 Å². The van der Waals surface area contributed by atoms with Crippen molar-refractivity contribution >= 4 is 29.2 Å². The summed E-state index contributed by atoms with van der Waals surface area (Å²) in [6, 6.07) is 19.3. The minimum atomic E-state index is -1.19. The number of carboxylic acids is 1. The zero-order valence-electron chi connectivity index (χ0n) is 18.0. The molecule has 3 aromatic rings. The predicted octanol–water partition coefficient (Wildman–Crippen LogP) is 4.23. The minimum absolute atomic E-state index is 0.00308. The summed E-state index contributed by atoms with van der Waals surface area (Å²) in [6.07, 6.45) is -0.648. The van der Waals surface area contributed by atoms with E-state index in [2.05, 4.69) is 10.6 Å². The molecule has 3 aromatic carbocycles. The molecule has 33 heavy (non-hydrogen) atoms. The van der Waals surface area contributed by atoms with Crippen LogP contribution in [-0.2, 0) is 4.74 Å². The lowest BCUT2D eigenvalue weighted by Crippen LogP contribution is -2.26. The molecule has 0 fully saturated rings. The van der Waals surface area contributed by atoms with Crippen molar-refractivity contribution in [2.45, 2.75) is 6.10 Å². The smallest absolute Gasteiger partial charge is 0.338 e. The molecule has 1 atom stereocenters. The second-order valence-corrected chi connectivity index (χ2v) is 7.78. The van der Waals surface area contributed by atoms with E-state index >= 15 is 0 Å². The molecule has 1 unspecified atom stereocenters. The first-order chi connectivity index (χ1) is 15.9. The summed E-state index contributed by atoms with van der Waals surface area (Å²) < 4.78 is 4.72. The average Bonchev–Trinajstić information content (AvgIpc) is 2.83. The fraction of sp³-hybridized carbons (Fsp3) is 0.200. The summed E-state index contributed by atoms with van der Waals surface area (Å²) in [4.78, 5) is 23.4. The van der Waals surface area contributed by atoms with E-state index in [0.717, 1.165) is 16.8 Å². The van der Waals surface area contributed by atoms with Gasteiger partial charge in [0.15, 0.2) is 0 Å². The van der Waals surface area contributed by atoms with Gasteiger partial charge in [-0.15, -0.1) is 0 Å². The van der Waals surface area contributed by atoms with Crippen molar-refractivity contribution in [3.63, 3.8) is 0 Å². The van der Waals surface area contributed by atoms with Crippen LogP contribution in [0.1, 0.15) is 32.4 Å². The summed E-state index contributed by atoms with van der Waals surface area (Å²) in [6.45, 7) is 1.65. The van der Waals surface area contributed by atoms with Crippen molar-refractivity contribution < 1.29 is 24.5 Å². The molecule has 0 amide bonds. The number of nitrogens with one attached hydrogen (secondary N) is 2. The number of aliphatic hydroxyl groups is 1. The number of anilines is 1. The van der Waals surface area contributed by atoms with Gasteiger partial charge in [-0.2, -0.15) is 0 Å². The molecular weight excluding hydrogens is 444 g/mol. The van der Waals surface area contributed by atoms with Crippen LogP contribution in [0.2, 0.25) is 5.02 Å². The van der Waals surface area contributed by atoms with Gasteiger partial charge < -0.3 is 25.6 Å². The van der Waals surface area contributed by atoms with Crippen molar-refractivity contribution in [3.8, 4) is 11.1 Å². The standard InChI is InChI=1S/C25H25ClN2O5/c1-33-25(32)22-14-17(8-9-21(22)24(30)31)16-4-3-7-20(13-16)28-11-10-27-15-23(29)18-5-2-6-19(26)12-18/h2-9,12-14,23,27-29H,10-11,15H2,1H3,(H,30,31). The fourth-order valence-corrected chi connectivity index (χ4v) is 3.56. The van der Waals surface area contributed by atoms with Gasteiger partial charge in [-0.3, -0.25) is 0 Å². The summed E-state index contributed by atoms with van der Waals surface area (Å²) >= 11 is 5.96. The van der Waals surface area contributed by atoms with Gasteiger partial charge in [-0.25, -0.2) is 9.59 Å². The zero-order valence-corrected chi connectivity index (χ0v) is 18.8. The Kier molecular flexibility index (Phi) is 8.43. The normalized spacial score (nSPS) is 11.6. The number of hydrogen-bond acceptors (Lipinski definition) is 6. The van der Waals surface area contributed by atoms with Gasteiger partial charge in [0.05, 0.1) is 24.3 Å². The molecule has 4 N–H and O–H groups in total. The Morgan fingerprint density at radius 1 is 0.970 bits per heavy atom. The topological polar surface area (TPSA) is 108 Å². The van der Waals surface area contributed by atoms with E-state index in [1.54, 1.807) is 24.3 Å². The second kappa shape index (κ2) is 11.5. The number of rotatable bonds is 10. The number of methoxy groups -OCH3 is 1. The molecule has 0 saturated carbocycles. The highest BCUT2D eigenvalue weighted by Gasteiger charge is 2.18. The molecule has 0 spiro atoms. The van der Waals surface area contributed by atoms with Crippen LogP contribution in [0.4, 0.5) is 5.69 Å². The highest BCUT2D eigenvalue weighted by molar-refractivity contribution is 6.30. The number of hydrogen-bond donors (Lipinski definition) is 4. The second-order valence-electron chi connectivity index (χ2n) is 7.34. The fourth-order valence-electron chi connectivity index (χ4n) is 3.36. The van der Waals surface area contributed by atoms with Crippen LogP contribution in [0, 0.1) is 0 Å². The van der Waals surface area contributed by atoms with Gasteiger partial charge in [0.1, 0.15) is 0 Å². The van der Waals surface area contributed by atoms with Crippen molar-refractivity contribution in [1.82, 2.24) is 5.32 Å². The average molecular weight is 469 g/mol. The maximum atomic E-state index is 12.0. The Hall–Kier alpha value is -3.39. The molecule has 0 saturated heterocycles. The lowest BCUT2D eigenvalue weighted by molar-refractivity contribution is 0.0583. The molecule has 3 rings (SSSR count). The molecule has 0 bridgehead atoms. The van der Waals surface area contributed by atoms with Crippen LogP contribution in [0.5, 0.6) is 0 Å². The first-order valence-electron chi connectivity index (χ1n) is 10.3. The van der Waals surface area contributed by atoms with Gasteiger partial charge in [-0.05, 0) is 53.1 Å². The number of benzene rings is 3. The Balaban J connectivity index is 1.59. The van der Waals surface area contributed by atoms with Gasteiger partial charge >= 0.3 is 11.9 Å². The number of carbonyl (C=O) groups excluding carboxylic acids is 1. The largest absolute Gasteiger partial charge is 0.478 e. The number of carboxylic acid groups (broad SMARTS) is 1. The van der Waals surface area contributed by atoms with Crippen molar-refractivity contribution in [2.75, 3.05) is 32.1 Å². The van der Waals surface area contributed by atoms with E-state index in [1.807, 2.05) is 30.3 Å². The lowest BCUT2D eigenvalue weighted by Gasteiger charge is -2.14. The van der Waals surface area contributed by atoms with E-state index in [9.17, 15) is 19.8 Å². The van der Waals surface area contributed by atoms with Gasteiger partial charge in [0.25, 0.3) is 0 Å². The highest BCUT2D eigenvalue weighted by Crippen LogP contribution is 2.26.